The van der Waals surface area contributed by atoms with Crippen LogP contribution in [0.2, 0.25) is 10.0 Å². The molecule has 1 aliphatic rings. The molecule has 0 N–H and O–H groups in total. The maximum Gasteiger partial charge on any atom is 0.186 e. The predicted octanol–water partition coefficient (Wildman–Crippen LogP) is 4.86. The van der Waals surface area contributed by atoms with Crippen LogP contribution >= 0.6 is 34.5 Å². The number of thiazole rings is 1. The summed E-state index contributed by atoms with van der Waals surface area (Å²) in [5.41, 5.74) is 2.23. The second-order valence-corrected chi connectivity index (χ2v) is 8.64. The monoisotopic (exact) mass is 420 g/mol. The minimum Gasteiger partial charge on any atom is -0.369 e. The van der Waals surface area contributed by atoms with Crippen molar-refractivity contribution in [2.45, 2.75) is 0 Å². The summed E-state index contributed by atoms with van der Waals surface area (Å²) in [7, 11) is 2.13. The number of nitrogens with zero attached hydrogens (tertiary/aromatic N) is 4. The first-order valence-corrected chi connectivity index (χ1v) is 10.7. The van der Waals surface area contributed by atoms with Crippen molar-refractivity contribution in [1.29, 1.82) is 0 Å². The van der Waals surface area contributed by atoms with Crippen LogP contribution in [0, 0.1) is 0 Å². The van der Waals surface area contributed by atoms with Crippen molar-refractivity contribution in [3.8, 4) is 0 Å². The molecule has 0 aliphatic carbocycles. The van der Waals surface area contributed by atoms with Gasteiger partial charge in [0, 0.05) is 52.0 Å². The van der Waals surface area contributed by atoms with E-state index in [-0.39, 0.29) is 0 Å². The molecule has 1 saturated heterocycles. The Morgan fingerprint density at radius 1 is 1.04 bits per heavy atom. The van der Waals surface area contributed by atoms with E-state index >= 15 is 0 Å². The maximum absolute atomic E-state index is 6.15. The third kappa shape index (κ3) is 4.32. The van der Waals surface area contributed by atoms with Crippen molar-refractivity contribution >= 4 is 55.6 Å². The molecule has 3 aromatic rings. The topological polar surface area (TPSA) is 22.6 Å². The summed E-state index contributed by atoms with van der Waals surface area (Å²) in [6.07, 6.45) is 0. The van der Waals surface area contributed by atoms with Gasteiger partial charge in [0.25, 0.3) is 0 Å². The minimum absolute atomic E-state index is 0.608. The van der Waals surface area contributed by atoms with Crippen LogP contribution in [0.4, 0.5) is 10.8 Å². The number of likely N-dealkylation sites (N-methyl/N-ethyl adjacent to an activating group) is 1. The fourth-order valence-electron chi connectivity index (χ4n) is 3.32. The number of piperazine rings is 1. The summed E-state index contributed by atoms with van der Waals surface area (Å²) in [5.74, 6) is 0. The largest absolute Gasteiger partial charge is 0.369 e. The Morgan fingerprint density at radius 2 is 1.81 bits per heavy atom. The van der Waals surface area contributed by atoms with E-state index in [2.05, 4.69) is 39.9 Å². The number of fused-ring (bicyclic) bond motifs is 1. The highest BCUT2D eigenvalue weighted by Gasteiger charge is 2.18. The van der Waals surface area contributed by atoms with Gasteiger partial charge >= 0.3 is 0 Å². The SMILES string of the molecule is CN(CCN1CCN(c2ccc(Cl)c(Cl)c2)CC1)c1nc2ccccc2s1. The highest BCUT2D eigenvalue weighted by molar-refractivity contribution is 7.22. The molecular formula is C20H22Cl2N4S. The average Bonchev–Trinajstić information content (AvgIpc) is 3.13. The molecule has 1 aliphatic heterocycles. The first-order chi connectivity index (χ1) is 13.1. The average molecular weight is 421 g/mol. The van der Waals surface area contributed by atoms with Crippen molar-refractivity contribution in [1.82, 2.24) is 9.88 Å². The number of para-hydroxylation sites is 1. The second-order valence-electron chi connectivity index (χ2n) is 6.81. The van der Waals surface area contributed by atoms with Gasteiger partial charge in [-0.15, -0.1) is 0 Å². The fourth-order valence-corrected chi connectivity index (χ4v) is 4.57. The molecule has 1 fully saturated rings. The van der Waals surface area contributed by atoms with Gasteiger partial charge in [-0.2, -0.15) is 0 Å². The summed E-state index contributed by atoms with van der Waals surface area (Å²) < 4.78 is 1.24. The number of halogens is 2. The van der Waals surface area contributed by atoms with Gasteiger partial charge in [0.2, 0.25) is 0 Å². The zero-order valence-corrected chi connectivity index (χ0v) is 17.6. The molecule has 27 heavy (non-hydrogen) atoms. The number of rotatable bonds is 5. The third-order valence-corrected chi connectivity index (χ3v) is 6.89. The molecule has 0 bridgehead atoms. The Balaban J connectivity index is 1.29. The minimum atomic E-state index is 0.608. The Bertz CT molecular complexity index is 888. The van der Waals surface area contributed by atoms with Gasteiger partial charge in [-0.05, 0) is 30.3 Å². The third-order valence-electron chi connectivity index (χ3n) is 5.00. The van der Waals surface area contributed by atoms with Crippen molar-refractivity contribution in [3.63, 3.8) is 0 Å². The van der Waals surface area contributed by atoms with Gasteiger partial charge in [0.15, 0.2) is 5.13 Å². The molecule has 0 radical (unpaired) electrons. The van der Waals surface area contributed by atoms with Crippen LogP contribution in [0.5, 0.6) is 0 Å². The molecule has 0 unspecified atom stereocenters. The van der Waals surface area contributed by atoms with Crippen LogP contribution in [-0.4, -0.2) is 56.2 Å². The van der Waals surface area contributed by atoms with E-state index in [1.165, 1.54) is 4.70 Å². The molecule has 0 saturated carbocycles. The standard InChI is InChI=1S/C20H22Cl2N4S/c1-24(20-23-18-4-2-3-5-19(18)27-20)8-9-25-10-12-26(13-11-25)15-6-7-16(21)17(22)14-15/h2-7,14H,8-13H2,1H3. The van der Waals surface area contributed by atoms with Gasteiger partial charge in [-0.1, -0.05) is 46.7 Å². The lowest BCUT2D eigenvalue weighted by molar-refractivity contribution is 0.263. The van der Waals surface area contributed by atoms with Crippen LogP contribution in [0.25, 0.3) is 10.2 Å². The molecule has 2 heterocycles. The lowest BCUT2D eigenvalue weighted by Crippen LogP contribution is -2.48. The van der Waals surface area contributed by atoms with E-state index < -0.39 is 0 Å². The highest BCUT2D eigenvalue weighted by Crippen LogP contribution is 2.29. The first kappa shape index (κ1) is 18.8. The van der Waals surface area contributed by atoms with Crippen LogP contribution in [0.1, 0.15) is 0 Å². The molecular weight excluding hydrogens is 399 g/mol. The van der Waals surface area contributed by atoms with E-state index in [9.17, 15) is 0 Å². The van der Waals surface area contributed by atoms with E-state index in [4.69, 9.17) is 28.2 Å². The molecule has 0 spiro atoms. The van der Waals surface area contributed by atoms with E-state index in [0.29, 0.717) is 10.0 Å². The van der Waals surface area contributed by atoms with E-state index in [0.717, 1.165) is 55.6 Å². The Hall–Kier alpha value is -1.53. The van der Waals surface area contributed by atoms with Crippen LogP contribution in [-0.2, 0) is 0 Å². The molecule has 0 amide bonds. The van der Waals surface area contributed by atoms with Gasteiger partial charge in [0.1, 0.15) is 0 Å². The van der Waals surface area contributed by atoms with E-state index in [1.807, 2.05) is 24.3 Å². The van der Waals surface area contributed by atoms with Crippen molar-refractivity contribution < 1.29 is 0 Å². The van der Waals surface area contributed by atoms with Gasteiger partial charge in [-0.25, -0.2) is 4.98 Å². The zero-order valence-electron chi connectivity index (χ0n) is 15.2. The van der Waals surface area contributed by atoms with E-state index in [1.54, 1.807) is 11.3 Å². The van der Waals surface area contributed by atoms with Crippen LogP contribution < -0.4 is 9.80 Å². The van der Waals surface area contributed by atoms with Gasteiger partial charge in [-0.3, -0.25) is 4.90 Å². The predicted molar refractivity (Wildman–Crippen MR) is 118 cm³/mol. The lowest BCUT2D eigenvalue weighted by atomic mass is 10.2. The normalized spacial score (nSPS) is 15.4. The molecule has 2 aromatic carbocycles. The lowest BCUT2D eigenvalue weighted by Gasteiger charge is -2.36. The number of aromatic nitrogens is 1. The Labute approximate surface area is 173 Å². The van der Waals surface area contributed by atoms with Gasteiger partial charge < -0.3 is 9.80 Å². The summed E-state index contributed by atoms with van der Waals surface area (Å²) in [6, 6.07) is 14.2. The Morgan fingerprint density at radius 3 is 2.56 bits per heavy atom. The highest BCUT2D eigenvalue weighted by atomic mass is 35.5. The molecule has 7 heteroatoms. The molecule has 4 nitrogen and oxygen atoms in total. The van der Waals surface area contributed by atoms with Crippen molar-refractivity contribution in [2.75, 3.05) is 56.1 Å². The summed E-state index contributed by atoms with van der Waals surface area (Å²) >= 11 is 13.9. The molecule has 142 valence electrons. The Kier molecular flexibility index (Phi) is 5.74. The quantitative estimate of drug-likeness (QED) is 0.587. The number of benzene rings is 2. The maximum atomic E-state index is 6.15. The van der Waals surface area contributed by atoms with Crippen LogP contribution in [0.3, 0.4) is 0 Å². The fraction of sp³-hybridized carbons (Fsp3) is 0.350. The summed E-state index contributed by atoms with van der Waals surface area (Å²) in [5, 5.41) is 2.32. The molecule has 0 atom stereocenters. The second kappa shape index (κ2) is 8.23. The summed E-state index contributed by atoms with van der Waals surface area (Å²) in [4.78, 5) is 11.9. The van der Waals surface area contributed by atoms with Crippen LogP contribution in [0.15, 0.2) is 42.5 Å². The van der Waals surface area contributed by atoms with Crippen molar-refractivity contribution in [3.05, 3.63) is 52.5 Å². The smallest absolute Gasteiger partial charge is 0.186 e. The number of hydrogen-bond acceptors (Lipinski definition) is 5. The van der Waals surface area contributed by atoms with Crippen molar-refractivity contribution in [2.24, 2.45) is 0 Å². The number of hydrogen-bond donors (Lipinski definition) is 0. The zero-order chi connectivity index (χ0) is 18.8. The first-order valence-electron chi connectivity index (χ1n) is 9.09. The van der Waals surface area contributed by atoms with Gasteiger partial charge in [0.05, 0.1) is 20.3 Å². The number of anilines is 2. The summed E-state index contributed by atoms with van der Waals surface area (Å²) in [6.45, 7) is 6.13. The molecule has 4 rings (SSSR count). The molecule has 1 aromatic heterocycles.